The van der Waals surface area contributed by atoms with Crippen molar-refractivity contribution >= 4 is 11.7 Å². The third kappa shape index (κ3) is 2.84. The summed E-state index contributed by atoms with van der Waals surface area (Å²) in [6, 6.07) is 0. The molecule has 1 aliphatic heterocycles. The molecule has 0 radical (unpaired) electrons. The Morgan fingerprint density at radius 1 is 1.25 bits per heavy atom. The minimum absolute atomic E-state index is 0.153. The van der Waals surface area contributed by atoms with E-state index >= 15 is 0 Å². The van der Waals surface area contributed by atoms with Crippen LogP contribution in [0.3, 0.4) is 0 Å². The number of hydrogen-bond acceptors (Lipinski definition) is 3. The van der Waals surface area contributed by atoms with Crippen molar-refractivity contribution < 1.29 is 9.59 Å². The van der Waals surface area contributed by atoms with Gasteiger partial charge in [0.1, 0.15) is 0 Å². The van der Waals surface area contributed by atoms with Crippen molar-refractivity contribution in [3.05, 3.63) is 11.8 Å². The number of carbonyl (C=O) groups is 2. The van der Waals surface area contributed by atoms with Crippen LogP contribution in [0.5, 0.6) is 0 Å². The van der Waals surface area contributed by atoms with Crippen LogP contribution in [0.15, 0.2) is 11.8 Å². The van der Waals surface area contributed by atoms with Gasteiger partial charge in [0, 0.05) is 31.3 Å². The Morgan fingerprint density at radius 2 is 2.00 bits per heavy atom. The molecular formula is C12H18N2O2. The number of allylic oxidation sites excluding steroid dienone is 2. The van der Waals surface area contributed by atoms with Crippen molar-refractivity contribution in [2.75, 3.05) is 19.6 Å². The standard InChI is InChI=1S/C12H18N2O2/c15-11-5-4-10(8-11)13-9-12(16)14-6-2-1-3-7-14/h8,13H,1-7,9H2. The molecule has 16 heavy (non-hydrogen) atoms. The predicted octanol–water partition coefficient (Wildman–Crippen LogP) is 0.835. The Morgan fingerprint density at radius 3 is 2.62 bits per heavy atom. The second kappa shape index (κ2) is 5.14. The summed E-state index contributed by atoms with van der Waals surface area (Å²) in [6.07, 6.45) is 6.42. The van der Waals surface area contributed by atoms with Crippen LogP contribution in [-0.2, 0) is 9.59 Å². The highest BCUT2D eigenvalue weighted by molar-refractivity contribution is 5.93. The fourth-order valence-corrected chi connectivity index (χ4v) is 2.18. The van der Waals surface area contributed by atoms with E-state index in [1.54, 1.807) is 6.08 Å². The predicted molar refractivity (Wildman–Crippen MR) is 60.8 cm³/mol. The van der Waals surface area contributed by atoms with Gasteiger partial charge in [-0.2, -0.15) is 0 Å². The van der Waals surface area contributed by atoms with E-state index in [1.807, 2.05) is 4.90 Å². The van der Waals surface area contributed by atoms with E-state index in [1.165, 1.54) is 6.42 Å². The minimum Gasteiger partial charge on any atom is -0.379 e. The topological polar surface area (TPSA) is 49.4 Å². The van der Waals surface area contributed by atoms with Crippen molar-refractivity contribution in [1.29, 1.82) is 0 Å². The average Bonchev–Trinajstić information content (AvgIpc) is 2.73. The van der Waals surface area contributed by atoms with Gasteiger partial charge in [0.05, 0.1) is 6.54 Å². The first-order valence-electron chi connectivity index (χ1n) is 6.01. The summed E-state index contributed by atoms with van der Waals surface area (Å²) in [4.78, 5) is 24.7. The van der Waals surface area contributed by atoms with Crippen LogP contribution in [0.25, 0.3) is 0 Å². The molecule has 0 saturated carbocycles. The molecule has 1 fully saturated rings. The zero-order chi connectivity index (χ0) is 11.4. The number of piperidine rings is 1. The van der Waals surface area contributed by atoms with E-state index in [-0.39, 0.29) is 11.7 Å². The Hall–Kier alpha value is -1.32. The molecule has 0 unspecified atom stereocenters. The summed E-state index contributed by atoms with van der Waals surface area (Å²) < 4.78 is 0. The van der Waals surface area contributed by atoms with Crippen LogP contribution in [0.2, 0.25) is 0 Å². The van der Waals surface area contributed by atoms with Crippen LogP contribution in [0.4, 0.5) is 0 Å². The van der Waals surface area contributed by atoms with E-state index < -0.39 is 0 Å². The number of nitrogens with zero attached hydrogens (tertiary/aromatic N) is 1. The molecule has 4 heteroatoms. The monoisotopic (exact) mass is 222 g/mol. The van der Waals surface area contributed by atoms with Gasteiger partial charge in [-0.1, -0.05) is 0 Å². The molecule has 1 N–H and O–H groups in total. The highest BCUT2D eigenvalue weighted by Crippen LogP contribution is 2.12. The molecule has 0 atom stereocenters. The van der Waals surface area contributed by atoms with Gasteiger partial charge in [-0.25, -0.2) is 0 Å². The summed E-state index contributed by atoms with van der Waals surface area (Å²) in [7, 11) is 0. The molecule has 0 bridgehead atoms. The van der Waals surface area contributed by atoms with Gasteiger partial charge in [-0.3, -0.25) is 9.59 Å². The van der Waals surface area contributed by atoms with Crippen molar-refractivity contribution in [1.82, 2.24) is 10.2 Å². The number of nitrogens with one attached hydrogen (secondary N) is 1. The maximum Gasteiger partial charge on any atom is 0.241 e. The number of likely N-dealkylation sites (tertiary alicyclic amines) is 1. The fraction of sp³-hybridized carbons (Fsp3) is 0.667. The van der Waals surface area contributed by atoms with Crippen molar-refractivity contribution in [3.8, 4) is 0 Å². The third-order valence-electron chi connectivity index (χ3n) is 3.15. The summed E-state index contributed by atoms with van der Waals surface area (Å²) >= 11 is 0. The third-order valence-corrected chi connectivity index (χ3v) is 3.15. The number of hydrogen-bond donors (Lipinski definition) is 1. The molecular weight excluding hydrogens is 204 g/mol. The first-order chi connectivity index (χ1) is 7.75. The summed E-state index contributed by atoms with van der Waals surface area (Å²) in [5, 5.41) is 3.06. The van der Waals surface area contributed by atoms with E-state index in [0.29, 0.717) is 13.0 Å². The highest BCUT2D eigenvalue weighted by Gasteiger charge is 2.17. The van der Waals surface area contributed by atoms with Gasteiger partial charge in [0.15, 0.2) is 5.78 Å². The largest absolute Gasteiger partial charge is 0.379 e. The first kappa shape index (κ1) is 11.2. The molecule has 0 aromatic carbocycles. The highest BCUT2D eigenvalue weighted by atomic mass is 16.2. The van der Waals surface area contributed by atoms with Gasteiger partial charge < -0.3 is 10.2 Å². The maximum atomic E-state index is 11.8. The zero-order valence-corrected chi connectivity index (χ0v) is 9.50. The maximum absolute atomic E-state index is 11.8. The normalized spacial score (nSPS) is 20.9. The van der Waals surface area contributed by atoms with Gasteiger partial charge in [-0.05, 0) is 25.7 Å². The molecule has 2 rings (SSSR count). The minimum atomic E-state index is 0.153. The Balaban J connectivity index is 1.74. The average molecular weight is 222 g/mol. The smallest absolute Gasteiger partial charge is 0.241 e. The van der Waals surface area contributed by atoms with Crippen LogP contribution in [0.1, 0.15) is 32.1 Å². The molecule has 0 aromatic rings. The van der Waals surface area contributed by atoms with E-state index in [9.17, 15) is 9.59 Å². The van der Waals surface area contributed by atoms with Gasteiger partial charge in [0.2, 0.25) is 5.91 Å². The Labute approximate surface area is 95.7 Å². The Bertz CT molecular complexity index is 317. The first-order valence-corrected chi connectivity index (χ1v) is 6.01. The molecule has 1 heterocycles. The Kier molecular flexibility index (Phi) is 3.59. The van der Waals surface area contributed by atoms with E-state index in [0.717, 1.165) is 38.0 Å². The second-order valence-electron chi connectivity index (χ2n) is 4.43. The lowest BCUT2D eigenvalue weighted by Crippen LogP contribution is -2.40. The van der Waals surface area contributed by atoms with Gasteiger partial charge >= 0.3 is 0 Å². The van der Waals surface area contributed by atoms with Gasteiger partial charge in [-0.15, -0.1) is 0 Å². The summed E-state index contributed by atoms with van der Waals surface area (Å²) in [5.74, 6) is 0.313. The lowest BCUT2D eigenvalue weighted by atomic mass is 10.1. The van der Waals surface area contributed by atoms with Crippen LogP contribution >= 0.6 is 0 Å². The van der Waals surface area contributed by atoms with E-state index in [4.69, 9.17) is 0 Å². The number of amides is 1. The van der Waals surface area contributed by atoms with Crippen LogP contribution in [0, 0.1) is 0 Å². The van der Waals surface area contributed by atoms with Crippen LogP contribution < -0.4 is 5.32 Å². The van der Waals surface area contributed by atoms with Gasteiger partial charge in [0.25, 0.3) is 0 Å². The quantitative estimate of drug-likeness (QED) is 0.769. The molecule has 0 aromatic heterocycles. The molecule has 0 spiro atoms. The van der Waals surface area contributed by atoms with Crippen LogP contribution in [-0.4, -0.2) is 36.2 Å². The molecule has 1 aliphatic carbocycles. The molecule has 1 amide bonds. The van der Waals surface area contributed by atoms with Crippen molar-refractivity contribution in [2.24, 2.45) is 0 Å². The molecule has 4 nitrogen and oxygen atoms in total. The molecule has 2 aliphatic rings. The zero-order valence-electron chi connectivity index (χ0n) is 9.50. The molecule has 1 saturated heterocycles. The lowest BCUT2D eigenvalue weighted by molar-refractivity contribution is -0.131. The van der Waals surface area contributed by atoms with E-state index in [2.05, 4.69) is 5.32 Å². The molecule has 88 valence electrons. The summed E-state index contributed by atoms with van der Waals surface area (Å²) in [6.45, 7) is 2.11. The lowest BCUT2D eigenvalue weighted by Gasteiger charge is -2.27. The number of carbonyl (C=O) groups excluding carboxylic acids is 2. The fourth-order valence-electron chi connectivity index (χ4n) is 2.18. The van der Waals surface area contributed by atoms with Crippen molar-refractivity contribution in [2.45, 2.75) is 32.1 Å². The second-order valence-corrected chi connectivity index (χ2v) is 4.43. The SMILES string of the molecule is O=C1C=C(NCC(=O)N2CCCCC2)CC1. The number of rotatable bonds is 3. The summed E-state index contributed by atoms with van der Waals surface area (Å²) in [5.41, 5.74) is 0.912. The number of ketones is 1. The van der Waals surface area contributed by atoms with Crippen molar-refractivity contribution in [3.63, 3.8) is 0 Å².